The number of hydrogen-bond donors (Lipinski definition) is 0. The Kier molecular flexibility index (Phi) is 2.58. The van der Waals surface area contributed by atoms with Crippen LogP contribution in [0.1, 0.15) is 47.3 Å². The minimum atomic E-state index is -0.309. The van der Waals surface area contributed by atoms with E-state index >= 15 is 0 Å². The zero-order valence-electron chi connectivity index (χ0n) is 10.6. The Balaban J connectivity index is 2.21. The highest BCUT2D eigenvalue weighted by atomic mass is 16.5. The monoisotopic (exact) mass is 244 g/mol. The molecule has 2 aromatic heterocycles. The first-order chi connectivity index (χ1) is 8.72. The van der Waals surface area contributed by atoms with Crippen LogP contribution in [0.3, 0.4) is 0 Å². The minimum absolute atomic E-state index is 0.309. The number of rotatable bonds is 3. The van der Waals surface area contributed by atoms with Gasteiger partial charge in [-0.05, 0) is 36.8 Å². The van der Waals surface area contributed by atoms with Gasteiger partial charge in [-0.3, -0.25) is 0 Å². The second-order valence-corrected chi connectivity index (χ2v) is 4.77. The van der Waals surface area contributed by atoms with Gasteiger partial charge in [0.1, 0.15) is 5.56 Å². The van der Waals surface area contributed by atoms with Crippen molar-refractivity contribution in [1.29, 1.82) is 0 Å². The lowest BCUT2D eigenvalue weighted by Crippen LogP contribution is -2.05. The molecule has 4 heteroatoms. The van der Waals surface area contributed by atoms with Gasteiger partial charge in [0.2, 0.25) is 0 Å². The average molecular weight is 244 g/mol. The molecule has 2 aromatic rings. The first kappa shape index (κ1) is 11.3. The highest BCUT2D eigenvalue weighted by molar-refractivity contribution is 5.96. The van der Waals surface area contributed by atoms with Crippen molar-refractivity contribution in [3.63, 3.8) is 0 Å². The van der Waals surface area contributed by atoms with Gasteiger partial charge in [-0.25, -0.2) is 9.78 Å². The molecule has 0 unspecified atom stereocenters. The predicted molar refractivity (Wildman–Crippen MR) is 67.9 cm³/mol. The number of ether oxygens (including phenoxy) is 1. The van der Waals surface area contributed by atoms with Crippen LogP contribution in [0, 0.1) is 0 Å². The summed E-state index contributed by atoms with van der Waals surface area (Å²) in [7, 11) is 1.41. The Morgan fingerprint density at radius 1 is 1.50 bits per heavy atom. The summed E-state index contributed by atoms with van der Waals surface area (Å²) in [4.78, 5) is 16.3. The topological polar surface area (TPSA) is 43.6 Å². The molecular formula is C14H16N2O2. The maximum atomic E-state index is 11.8. The highest BCUT2D eigenvalue weighted by Gasteiger charge is 2.26. The van der Waals surface area contributed by atoms with Crippen LogP contribution in [0.5, 0.6) is 0 Å². The summed E-state index contributed by atoms with van der Waals surface area (Å²) in [6.07, 6.45) is 7.36. The number of imidazole rings is 1. The van der Waals surface area contributed by atoms with Crippen molar-refractivity contribution in [3.8, 4) is 0 Å². The fourth-order valence-electron chi connectivity index (χ4n) is 2.24. The minimum Gasteiger partial charge on any atom is -0.465 e. The fourth-order valence-corrected chi connectivity index (χ4v) is 2.24. The molecule has 0 saturated heterocycles. The van der Waals surface area contributed by atoms with Crippen LogP contribution in [0.15, 0.2) is 18.5 Å². The third-order valence-corrected chi connectivity index (χ3v) is 3.44. The Morgan fingerprint density at radius 3 is 2.89 bits per heavy atom. The van der Waals surface area contributed by atoms with Crippen LogP contribution in [0.4, 0.5) is 0 Å². The van der Waals surface area contributed by atoms with E-state index < -0.39 is 0 Å². The molecule has 0 aromatic carbocycles. The van der Waals surface area contributed by atoms with Gasteiger partial charge in [0, 0.05) is 12.4 Å². The van der Waals surface area contributed by atoms with E-state index in [-0.39, 0.29) is 5.97 Å². The second kappa shape index (κ2) is 4.12. The van der Waals surface area contributed by atoms with Gasteiger partial charge in [0.25, 0.3) is 0 Å². The van der Waals surface area contributed by atoms with Gasteiger partial charge in [0.05, 0.1) is 12.8 Å². The number of carbonyl (C=O) groups excluding carboxylic acids is 1. The number of aromatic nitrogens is 2. The van der Waals surface area contributed by atoms with Gasteiger partial charge in [-0.2, -0.15) is 0 Å². The van der Waals surface area contributed by atoms with Crippen LogP contribution in [0.2, 0.25) is 0 Å². The summed E-state index contributed by atoms with van der Waals surface area (Å²) < 4.78 is 6.81. The number of methoxy groups -OCH3 is 1. The highest BCUT2D eigenvalue weighted by Crippen LogP contribution is 2.40. The Bertz CT molecular complexity index is 612. The Morgan fingerprint density at radius 2 is 2.28 bits per heavy atom. The quantitative estimate of drug-likeness (QED) is 0.779. The molecule has 1 aliphatic carbocycles. The summed E-state index contributed by atoms with van der Waals surface area (Å²) >= 11 is 0. The molecule has 4 nitrogen and oxygen atoms in total. The molecule has 0 atom stereocenters. The summed E-state index contributed by atoms with van der Waals surface area (Å²) in [6, 6.07) is 1.94. The van der Waals surface area contributed by atoms with E-state index in [0.29, 0.717) is 17.1 Å². The second-order valence-electron chi connectivity index (χ2n) is 4.77. The van der Waals surface area contributed by atoms with Crippen LogP contribution in [-0.2, 0) is 11.2 Å². The number of pyridine rings is 1. The average Bonchev–Trinajstić information content (AvgIpc) is 3.16. The lowest BCUT2D eigenvalue weighted by molar-refractivity contribution is 0.0602. The molecular weight excluding hydrogens is 228 g/mol. The van der Waals surface area contributed by atoms with E-state index in [1.807, 2.05) is 16.7 Å². The molecule has 0 spiro atoms. The zero-order chi connectivity index (χ0) is 12.7. The van der Waals surface area contributed by atoms with E-state index in [1.54, 1.807) is 0 Å². The van der Waals surface area contributed by atoms with Gasteiger partial charge in [-0.15, -0.1) is 0 Å². The molecule has 1 aliphatic rings. The maximum absolute atomic E-state index is 11.8. The predicted octanol–water partition coefficient (Wildman–Crippen LogP) is 2.56. The van der Waals surface area contributed by atoms with E-state index in [2.05, 4.69) is 18.1 Å². The summed E-state index contributed by atoms with van der Waals surface area (Å²) in [5.41, 5.74) is 3.47. The Hall–Kier alpha value is -1.84. The molecule has 1 fully saturated rings. The summed E-state index contributed by atoms with van der Waals surface area (Å²) in [6.45, 7) is 2.06. The lowest BCUT2D eigenvalue weighted by Gasteiger charge is -2.05. The van der Waals surface area contributed by atoms with Crippen molar-refractivity contribution in [3.05, 3.63) is 35.3 Å². The van der Waals surface area contributed by atoms with Crippen molar-refractivity contribution < 1.29 is 9.53 Å². The maximum Gasteiger partial charge on any atom is 0.341 e. The van der Waals surface area contributed by atoms with E-state index in [1.165, 1.54) is 25.5 Å². The SMILES string of the molecule is CCc1cn2cc(C3CC3)cc(C(=O)OC)c2n1. The fraction of sp³-hybridized carbons (Fsp3) is 0.429. The number of aryl methyl sites for hydroxylation is 1. The molecule has 1 saturated carbocycles. The smallest absolute Gasteiger partial charge is 0.341 e. The zero-order valence-corrected chi connectivity index (χ0v) is 10.6. The van der Waals surface area contributed by atoms with Crippen LogP contribution < -0.4 is 0 Å². The van der Waals surface area contributed by atoms with Crippen molar-refractivity contribution >= 4 is 11.6 Å². The largest absolute Gasteiger partial charge is 0.465 e. The van der Waals surface area contributed by atoms with Crippen molar-refractivity contribution in [2.24, 2.45) is 0 Å². The molecule has 3 rings (SSSR count). The van der Waals surface area contributed by atoms with Crippen molar-refractivity contribution in [1.82, 2.24) is 9.38 Å². The number of nitrogens with zero attached hydrogens (tertiary/aromatic N) is 2. The lowest BCUT2D eigenvalue weighted by atomic mass is 10.1. The third kappa shape index (κ3) is 1.78. The van der Waals surface area contributed by atoms with Crippen LogP contribution in [0.25, 0.3) is 5.65 Å². The van der Waals surface area contributed by atoms with Gasteiger partial charge < -0.3 is 9.14 Å². The number of hydrogen-bond acceptors (Lipinski definition) is 3. The van der Waals surface area contributed by atoms with Gasteiger partial charge in [-0.1, -0.05) is 6.92 Å². The molecule has 0 radical (unpaired) electrons. The van der Waals surface area contributed by atoms with Crippen molar-refractivity contribution in [2.45, 2.75) is 32.1 Å². The molecule has 0 bridgehead atoms. The first-order valence-corrected chi connectivity index (χ1v) is 6.32. The van der Waals surface area contributed by atoms with E-state index in [4.69, 9.17) is 4.74 Å². The molecule has 2 heterocycles. The summed E-state index contributed by atoms with van der Waals surface area (Å²) in [5, 5.41) is 0. The standard InChI is InChI=1S/C14H16N2O2/c1-3-11-8-16-7-10(9-4-5-9)6-12(13(16)15-11)14(17)18-2/h6-9H,3-5H2,1-2H3. The number of esters is 1. The molecule has 18 heavy (non-hydrogen) atoms. The Labute approximate surface area is 106 Å². The van der Waals surface area contributed by atoms with Crippen molar-refractivity contribution in [2.75, 3.05) is 7.11 Å². The summed E-state index contributed by atoms with van der Waals surface area (Å²) in [5.74, 6) is 0.293. The van der Waals surface area contributed by atoms with Crippen LogP contribution >= 0.6 is 0 Å². The number of carbonyl (C=O) groups is 1. The normalized spacial score (nSPS) is 15.0. The first-order valence-electron chi connectivity index (χ1n) is 6.32. The third-order valence-electron chi connectivity index (χ3n) is 3.44. The molecule has 0 aliphatic heterocycles. The van der Waals surface area contributed by atoms with Crippen LogP contribution in [-0.4, -0.2) is 22.5 Å². The van der Waals surface area contributed by atoms with Gasteiger partial charge in [0.15, 0.2) is 5.65 Å². The van der Waals surface area contributed by atoms with Gasteiger partial charge >= 0.3 is 5.97 Å². The van der Waals surface area contributed by atoms with E-state index in [9.17, 15) is 4.79 Å². The number of fused-ring (bicyclic) bond motifs is 1. The molecule has 94 valence electrons. The van der Waals surface area contributed by atoms with E-state index in [0.717, 1.165) is 12.1 Å². The molecule has 0 N–H and O–H groups in total. The molecule has 0 amide bonds.